The topological polar surface area (TPSA) is 106 Å². The zero-order valence-electron chi connectivity index (χ0n) is 21.6. The number of nitrogens with zero attached hydrogens (tertiary/aromatic N) is 3. The van der Waals surface area contributed by atoms with Gasteiger partial charge < -0.3 is 29.0 Å². The lowest BCUT2D eigenvalue weighted by Crippen LogP contribution is -2.48. The van der Waals surface area contributed by atoms with Crippen LogP contribution < -0.4 is 30.4 Å². The molecule has 0 spiro atoms. The van der Waals surface area contributed by atoms with Crippen molar-refractivity contribution in [3.8, 4) is 17.2 Å². The molecule has 0 unspecified atom stereocenters. The molecule has 2 aromatic carbocycles. The molecule has 0 atom stereocenters. The normalized spacial score (nSPS) is 13.6. The molecular formula is C27H34N4O6. The predicted molar refractivity (Wildman–Crippen MR) is 142 cm³/mol. The van der Waals surface area contributed by atoms with Gasteiger partial charge in [-0.1, -0.05) is 18.6 Å². The number of carbonyl (C=O) groups is 1. The second-order valence-corrected chi connectivity index (χ2v) is 8.99. The van der Waals surface area contributed by atoms with Crippen LogP contribution in [0.5, 0.6) is 17.2 Å². The maximum atomic E-state index is 12.9. The summed E-state index contributed by atoms with van der Waals surface area (Å²) in [7, 11) is 4.66. The number of fused-ring (bicyclic) bond motifs is 1. The molecule has 0 bridgehead atoms. The highest BCUT2D eigenvalue weighted by Gasteiger charge is 2.22. The Morgan fingerprint density at radius 3 is 2.24 bits per heavy atom. The number of ether oxygens (including phenoxy) is 3. The Kier molecular flexibility index (Phi) is 8.37. The SMILES string of the molecule is COc1cc2[nH]c(=O)n(CCCCCC(=O)N3CCN(c4ccccc4OC)CC3)c(=O)c2cc1OC. The number of anilines is 1. The Morgan fingerprint density at radius 2 is 1.54 bits per heavy atom. The Hall–Kier alpha value is -3.95. The van der Waals surface area contributed by atoms with E-state index in [9.17, 15) is 14.4 Å². The highest BCUT2D eigenvalue weighted by Crippen LogP contribution is 2.30. The highest BCUT2D eigenvalue weighted by molar-refractivity contribution is 5.81. The van der Waals surface area contributed by atoms with E-state index in [-0.39, 0.29) is 18.0 Å². The second-order valence-electron chi connectivity index (χ2n) is 8.99. The third-order valence-corrected chi connectivity index (χ3v) is 6.82. The van der Waals surface area contributed by atoms with Crippen LogP contribution in [-0.4, -0.2) is 67.9 Å². The van der Waals surface area contributed by atoms with E-state index in [1.165, 1.54) is 18.8 Å². The first-order chi connectivity index (χ1) is 18.0. The van der Waals surface area contributed by atoms with Gasteiger partial charge in [-0.05, 0) is 31.0 Å². The summed E-state index contributed by atoms with van der Waals surface area (Å²) in [5.41, 5.74) is 0.617. The number of hydrogen-bond donors (Lipinski definition) is 1. The summed E-state index contributed by atoms with van der Waals surface area (Å²) in [4.78, 5) is 45.1. The Morgan fingerprint density at radius 1 is 0.865 bits per heavy atom. The van der Waals surface area contributed by atoms with Gasteiger partial charge in [0.25, 0.3) is 5.56 Å². The van der Waals surface area contributed by atoms with E-state index in [0.717, 1.165) is 30.9 Å². The first-order valence-electron chi connectivity index (χ1n) is 12.5. The molecule has 0 saturated carbocycles. The Bertz CT molecular complexity index is 1360. The predicted octanol–water partition coefficient (Wildman–Crippen LogP) is 2.62. The molecule has 198 valence electrons. The van der Waals surface area contributed by atoms with E-state index in [4.69, 9.17) is 14.2 Å². The van der Waals surface area contributed by atoms with Crippen molar-refractivity contribution in [1.29, 1.82) is 0 Å². The molecule has 2 heterocycles. The fourth-order valence-electron chi connectivity index (χ4n) is 4.75. The number of piperazine rings is 1. The summed E-state index contributed by atoms with van der Waals surface area (Å²) in [6.07, 6.45) is 2.52. The molecule has 37 heavy (non-hydrogen) atoms. The van der Waals surface area contributed by atoms with Gasteiger partial charge in [0.15, 0.2) is 11.5 Å². The van der Waals surface area contributed by atoms with Gasteiger partial charge in [0, 0.05) is 45.2 Å². The summed E-state index contributed by atoms with van der Waals surface area (Å²) in [5.74, 6) is 1.84. The van der Waals surface area contributed by atoms with Crippen LogP contribution in [0.25, 0.3) is 10.9 Å². The zero-order valence-corrected chi connectivity index (χ0v) is 21.6. The molecule has 10 nitrogen and oxygen atoms in total. The van der Waals surface area contributed by atoms with E-state index in [0.29, 0.717) is 54.8 Å². The minimum atomic E-state index is -0.464. The van der Waals surface area contributed by atoms with Gasteiger partial charge in [-0.2, -0.15) is 0 Å². The molecule has 1 amide bonds. The van der Waals surface area contributed by atoms with Crippen molar-refractivity contribution in [2.75, 3.05) is 52.4 Å². The first-order valence-corrected chi connectivity index (χ1v) is 12.5. The number of benzene rings is 2. The van der Waals surface area contributed by atoms with E-state index >= 15 is 0 Å². The number of methoxy groups -OCH3 is 3. The van der Waals surface area contributed by atoms with Crippen LogP contribution in [0.15, 0.2) is 46.0 Å². The highest BCUT2D eigenvalue weighted by atomic mass is 16.5. The summed E-state index contributed by atoms with van der Waals surface area (Å²) < 4.78 is 17.2. The van der Waals surface area contributed by atoms with Gasteiger partial charge in [0.1, 0.15) is 5.75 Å². The van der Waals surface area contributed by atoms with Crippen molar-refractivity contribution in [2.45, 2.75) is 32.2 Å². The molecular weight excluding hydrogens is 476 g/mol. The molecule has 10 heteroatoms. The maximum absolute atomic E-state index is 12.9. The Balaban J connectivity index is 1.27. The number of aromatic nitrogens is 2. The minimum absolute atomic E-state index is 0.140. The lowest BCUT2D eigenvalue weighted by molar-refractivity contribution is -0.131. The molecule has 0 aliphatic carbocycles. The van der Waals surface area contributed by atoms with Crippen molar-refractivity contribution < 1.29 is 19.0 Å². The quantitative estimate of drug-likeness (QED) is 0.418. The van der Waals surface area contributed by atoms with Crippen LogP contribution in [0.1, 0.15) is 25.7 Å². The number of hydrogen-bond acceptors (Lipinski definition) is 7. The lowest BCUT2D eigenvalue weighted by Gasteiger charge is -2.36. The van der Waals surface area contributed by atoms with Gasteiger partial charge in [0.2, 0.25) is 5.91 Å². The molecule has 4 rings (SSSR count). The van der Waals surface area contributed by atoms with Crippen molar-refractivity contribution in [3.63, 3.8) is 0 Å². The van der Waals surface area contributed by atoms with Crippen LogP contribution in [0.2, 0.25) is 0 Å². The van der Waals surface area contributed by atoms with Crippen molar-refractivity contribution in [2.24, 2.45) is 0 Å². The lowest BCUT2D eigenvalue weighted by atomic mass is 10.1. The van der Waals surface area contributed by atoms with E-state index in [2.05, 4.69) is 9.88 Å². The molecule has 1 fully saturated rings. The monoisotopic (exact) mass is 510 g/mol. The summed E-state index contributed by atoms with van der Waals surface area (Å²) in [6, 6.07) is 11.1. The third-order valence-electron chi connectivity index (χ3n) is 6.82. The Labute approximate surface area is 215 Å². The van der Waals surface area contributed by atoms with E-state index in [1.54, 1.807) is 19.2 Å². The number of aromatic amines is 1. The average Bonchev–Trinajstić information content (AvgIpc) is 2.93. The molecule has 0 radical (unpaired) electrons. The fourth-order valence-corrected chi connectivity index (χ4v) is 4.75. The van der Waals surface area contributed by atoms with Gasteiger partial charge in [-0.25, -0.2) is 4.79 Å². The third kappa shape index (κ3) is 5.73. The van der Waals surface area contributed by atoms with Crippen molar-refractivity contribution in [1.82, 2.24) is 14.5 Å². The van der Waals surface area contributed by atoms with Crippen LogP contribution in [0, 0.1) is 0 Å². The van der Waals surface area contributed by atoms with Crippen LogP contribution >= 0.6 is 0 Å². The molecule has 1 aliphatic rings. The van der Waals surface area contributed by atoms with Gasteiger partial charge >= 0.3 is 5.69 Å². The minimum Gasteiger partial charge on any atom is -0.495 e. The smallest absolute Gasteiger partial charge is 0.328 e. The number of H-pyrrole nitrogens is 1. The summed E-state index contributed by atoms with van der Waals surface area (Å²) >= 11 is 0. The number of rotatable bonds is 10. The molecule has 1 saturated heterocycles. The second kappa shape index (κ2) is 11.9. The molecule has 1 aliphatic heterocycles. The number of amides is 1. The summed E-state index contributed by atoms with van der Waals surface area (Å²) in [6.45, 7) is 3.15. The standard InChI is InChI=1S/C27H34N4O6/c1-35-22-10-7-6-9-21(22)29-13-15-30(16-14-29)25(32)11-5-4-8-12-31-26(33)19-17-23(36-2)24(37-3)18-20(19)28-27(31)34/h6-7,9-10,17-18H,4-5,8,11-16H2,1-3H3,(H,28,34). The molecule has 1 N–H and O–H groups in total. The van der Waals surface area contributed by atoms with Crippen molar-refractivity contribution in [3.05, 3.63) is 57.2 Å². The zero-order chi connectivity index (χ0) is 26.4. The van der Waals surface area contributed by atoms with Crippen LogP contribution in [-0.2, 0) is 11.3 Å². The largest absolute Gasteiger partial charge is 0.495 e. The average molecular weight is 511 g/mol. The molecule has 3 aromatic rings. The van der Waals surface area contributed by atoms with Crippen LogP contribution in [0.3, 0.4) is 0 Å². The van der Waals surface area contributed by atoms with Crippen molar-refractivity contribution >= 4 is 22.5 Å². The van der Waals surface area contributed by atoms with Gasteiger partial charge in [-0.3, -0.25) is 14.2 Å². The van der Waals surface area contributed by atoms with E-state index in [1.807, 2.05) is 29.2 Å². The fraction of sp³-hybridized carbons (Fsp3) is 0.444. The van der Waals surface area contributed by atoms with Gasteiger partial charge in [-0.15, -0.1) is 0 Å². The number of nitrogens with one attached hydrogen (secondary N) is 1. The number of carbonyl (C=O) groups excluding carboxylic acids is 1. The number of para-hydroxylation sites is 2. The van der Waals surface area contributed by atoms with E-state index < -0.39 is 5.69 Å². The van der Waals surface area contributed by atoms with Crippen LogP contribution in [0.4, 0.5) is 5.69 Å². The number of unbranched alkanes of at least 4 members (excludes halogenated alkanes) is 2. The summed E-state index contributed by atoms with van der Waals surface area (Å²) in [5, 5.41) is 0.361. The molecule has 1 aromatic heterocycles. The maximum Gasteiger partial charge on any atom is 0.328 e. The van der Waals surface area contributed by atoms with Gasteiger partial charge in [0.05, 0.1) is 37.9 Å². The first kappa shape index (κ1) is 26.1.